The minimum absolute atomic E-state index is 0.382. The molecule has 0 radical (unpaired) electrons. The van der Waals surface area contributed by atoms with E-state index >= 15 is 0 Å². The fourth-order valence-corrected chi connectivity index (χ4v) is 2.53. The average Bonchev–Trinajstić information content (AvgIpc) is 2.44. The molecular weight excluding hydrogens is 316 g/mol. The third kappa shape index (κ3) is 3.37. The monoisotopic (exact) mass is 334 g/mol. The second-order valence-corrected chi connectivity index (χ2v) is 4.48. The minimum Gasteiger partial charge on any atom is -0.495 e. The molecule has 19 heavy (non-hydrogen) atoms. The molecule has 0 bridgehead atoms. The SMILES string of the molecule is COc1ccc(C(NN)C(OC)OC)c(OC)c1Br. The van der Waals surface area contributed by atoms with Crippen molar-refractivity contribution in [3.8, 4) is 11.5 Å². The molecule has 0 saturated carbocycles. The van der Waals surface area contributed by atoms with Crippen LogP contribution < -0.4 is 20.7 Å². The summed E-state index contributed by atoms with van der Waals surface area (Å²) in [6.45, 7) is 0. The first-order chi connectivity index (χ1) is 9.14. The maximum Gasteiger partial charge on any atom is 0.177 e. The van der Waals surface area contributed by atoms with E-state index in [-0.39, 0.29) is 6.04 Å². The summed E-state index contributed by atoms with van der Waals surface area (Å²) in [7, 11) is 6.25. The summed E-state index contributed by atoms with van der Waals surface area (Å²) in [4.78, 5) is 0. The number of hydrogen-bond acceptors (Lipinski definition) is 6. The van der Waals surface area contributed by atoms with Gasteiger partial charge in [0.1, 0.15) is 22.0 Å². The Bertz CT molecular complexity index is 413. The predicted octanol–water partition coefficient (Wildman–Crippen LogP) is 1.59. The van der Waals surface area contributed by atoms with E-state index in [1.807, 2.05) is 12.1 Å². The van der Waals surface area contributed by atoms with Gasteiger partial charge >= 0.3 is 0 Å². The van der Waals surface area contributed by atoms with Crippen molar-refractivity contribution in [3.63, 3.8) is 0 Å². The molecule has 0 aromatic heterocycles. The van der Waals surface area contributed by atoms with Crippen LogP contribution in [0.15, 0.2) is 16.6 Å². The van der Waals surface area contributed by atoms with Crippen molar-refractivity contribution >= 4 is 15.9 Å². The topological polar surface area (TPSA) is 75.0 Å². The Kier molecular flexibility index (Phi) is 6.53. The highest BCUT2D eigenvalue weighted by Crippen LogP contribution is 2.40. The Balaban J connectivity index is 3.27. The van der Waals surface area contributed by atoms with Crippen LogP contribution in [0.4, 0.5) is 0 Å². The van der Waals surface area contributed by atoms with Crippen LogP contribution >= 0.6 is 15.9 Å². The Hall–Kier alpha value is -0.860. The van der Waals surface area contributed by atoms with Gasteiger partial charge in [-0.15, -0.1) is 0 Å². The van der Waals surface area contributed by atoms with Crippen molar-refractivity contribution in [1.82, 2.24) is 5.43 Å². The maximum atomic E-state index is 5.59. The van der Waals surface area contributed by atoms with Gasteiger partial charge in [0.25, 0.3) is 0 Å². The number of benzene rings is 1. The highest BCUT2D eigenvalue weighted by atomic mass is 79.9. The van der Waals surface area contributed by atoms with E-state index in [1.54, 1.807) is 28.4 Å². The van der Waals surface area contributed by atoms with Gasteiger partial charge in [0, 0.05) is 19.8 Å². The van der Waals surface area contributed by atoms with E-state index in [4.69, 9.17) is 24.8 Å². The number of nitrogens with one attached hydrogen (secondary N) is 1. The molecule has 0 spiro atoms. The second kappa shape index (κ2) is 7.66. The molecule has 3 N–H and O–H groups in total. The minimum atomic E-state index is -0.542. The fourth-order valence-electron chi connectivity index (χ4n) is 1.85. The second-order valence-electron chi connectivity index (χ2n) is 3.69. The molecule has 6 nitrogen and oxygen atoms in total. The van der Waals surface area contributed by atoms with E-state index in [2.05, 4.69) is 21.4 Å². The van der Waals surface area contributed by atoms with Crippen molar-refractivity contribution in [2.45, 2.75) is 12.3 Å². The van der Waals surface area contributed by atoms with Gasteiger partial charge in [-0.25, -0.2) is 5.43 Å². The van der Waals surface area contributed by atoms with Crippen molar-refractivity contribution in [2.24, 2.45) is 5.84 Å². The molecule has 0 heterocycles. The largest absolute Gasteiger partial charge is 0.495 e. The van der Waals surface area contributed by atoms with E-state index in [9.17, 15) is 0 Å². The van der Waals surface area contributed by atoms with Crippen LogP contribution in [0.3, 0.4) is 0 Å². The highest BCUT2D eigenvalue weighted by molar-refractivity contribution is 9.10. The third-order valence-electron chi connectivity index (χ3n) is 2.77. The Labute approximate surface area is 121 Å². The van der Waals surface area contributed by atoms with Gasteiger partial charge in [-0.2, -0.15) is 0 Å². The van der Waals surface area contributed by atoms with Crippen molar-refractivity contribution in [3.05, 3.63) is 22.2 Å². The quantitative estimate of drug-likeness (QED) is 0.448. The molecule has 0 saturated heterocycles. The van der Waals surface area contributed by atoms with E-state index in [1.165, 1.54) is 0 Å². The summed E-state index contributed by atoms with van der Waals surface area (Å²) in [5, 5.41) is 0. The first-order valence-electron chi connectivity index (χ1n) is 5.56. The van der Waals surface area contributed by atoms with Crippen LogP contribution in [0.5, 0.6) is 11.5 Å². The summed E-state index contributed by atoms with van der Waals surface area (Å²) in [6, 6.07) is 3.28. The Morgan fingerprint density at radius 3 is 2.16 bits per heavy atom. The molecule has 0 aliphatic heterocycles. The zero-order valence-electron chi connectivity index (χ0n) is 11.4. The van der Waals surface area contributed by atoms with Gasteiger partial charge in [-0.1, -0.05) is 0 Å². The zero-order valence-corrected chi connectivity index (χ0v) is 13.0. The molecule has 1 unspecified atom stereocenters. The summed E-state index contributed by atoms with van der Waals surface area (Å²) in [5.74, 6) is 6.87. The normalized spacial score (nSPS) is 12.6. The lowest BCUT2D eigenvalue weighted by Crippen LogP contribution is -2.38. The number of halogens is 1. The molecule has 0 aliphatic carbocycles. The molecule has 0 amide bonds. The van der Waals surface area contributed by atoms with Gasteiger partial charge in [0.15, 0.2) is 6.29 Å². The van der Waals surface area contributed by atoms with Gasteiger partial charge in [0.2, 0.25) is 0 Å². The maximum absolute atomic E-state index is 5.59. The number of rotatable bonds is 7. The standard InChI is InChI=1S/C12H19BrN2O4/c1-16-8-6-5-7(11(17-2)9(8)13)10(15-14)12(18-3)19-4/h5-6,10,12,15H,14H2,1-4H3. The van der Waals surface area contributed by atoms with E-state index in [0.717, 1.165) is 5.56 Å². The first-order valence-corrected chi connectivity index (χ1v) is 6.35. The number of methoxy groups -OCH3 is 4. The summed E-state index contributed by atoms with van der Waals surface area (Å²) in [6.07, 6.45) is -0.542. The summed E-state index contributed by atoms with van der Waals surface area (Å²) < 4.78 is 21.8. The highest BCUT2D eigenvalue weighted by Gasteiger charge is 2.27. The molecule has 1 aromatic carbocycles. The van der Waals surface area contributed by atoms with Gasteiger partial charge in [-0.05, 0) is 28.1 Å². The van der Waals surface area contributed by atoms with Gasteiger partial charge in [-0.3, -0.25) is 5.84 Å². The van der Waals surface area contributed by atoms with Crippen LogP contribution in [-0.2, 0) is 9.47 Å². The molecule has 1 atom stereocenters. The Morgan fingerprint density at radius 1 is 1.11 bits per heavy atom. The number of nitrogens with two attached hydrogens (primary N) is 1. The van der Waals surface area contributed by atoms with Crippen LogP contribution in [0.1, 0.15) is 11.6 Å². The van der Waals surface area contributed by atoms with Crippen LogP contribution in [0.2, 0.25) is 0 Å². The van der Waals surface area contributed by atoms with Crippen LogP contribution in [-0.4, -0.2) is 34.7 Å². The zero-order chi connectivity index (χ0) is 14.4. The fraction of sp³-hybridized carbons (Fsp3) is 0.500. The number of hydrazine groups is 1. The van der Waals surface area contributed by atoms with E-state index < -0.39 is 6.29 Å². The summed E-state index contributed by atoms with van der Waals surface area (Å²) in [5.41, 5.74) is 3.47. The number of hydrogen-bond donors (Lipinski definition) is 2. The smallest absolute Gasteiger partial charge is 0.177 e. The molecule has 7 heteroatoms. The van der Waals surface area contributed by atoms with Crippen LogP contribution in [0, 0.1) is 0 Å². The van der Waals surface area contributed by atoms with Crippen molar-refractivity contribution < 1.29 is 18.9 Å². The number of ether oxygens (including phenoxy) is 4. The lowest BCUT2D eigenvalue weighted by molar-refractivity contribution is -0.124. The summed E-state index contributed by atoms with van der Waals surface area (Å²) >= 11 is 3.44. The molecule has 0 fully saturated rings. The van der Waals surface area contributed by atoms with Crippen molar-refractivity contribution in [1.29, 1.82) is 0 Å². The average molecular weight is 335 g/mol. The van der Waals surface area contributed by atoms with Crippen LogP contribution in [0.25, 0.3) is 0 Å². The van der Waals surface area contributed by atoms with Gasteiger partial charge < -0.3 is 18.9 Å². The molecule has 0 aliphatic rings. The Morgan fingerprint density at radius 2 is 1.74 bits per heavy atom. The van der Waals surface area contributed by atoms with Gasteiger partial charge in [0.05, 0.1) is 14.2 Å². The lowest BCUT2D eigenvalue weighted by atomic mass is 10.1. The first kappa shape index (κ1) is 16.2. The molecule has 1 aromatic rings. The van der Waals surface area contributed by atoms with E-state index in [0.29, 0.717) is 16.0 Å². The molecule has 108 valence electrons. The lowest BCUT2D eigenvalue weighted by Gasteiger charge is -2.26. The third-order valence-corrected chi connectivity index (χ3v) is 3.52. The molecule has 1 rings (SSSR count). The van der Waals surface area contributed by atoms with Crippen molar-refractivity contribution in [2.75, 3.05) is 28.4 Å². The molecular formula is C12H19BrN2O4. The predicted molar refractivity (Wildman–Crippen MR) is 75.1 cm³/mol.